The summed E-state index contributed by atoms with van der Waals surface area (Å²) in [6.07, 6.45) is 6.28. The highest BCUT2D eigenvalue weighted by molar-refractivity contribution is 5.50. The van der Waals surface area contributed by atoms with Crippen LogP contribution < -0.4 is 15.2 Å². The van der Waals surface area contributed by atoms with Crippen molar-refractivity contribution < 1.29 is 9.47 Å². The Labute approximate surface area is 116 Å². The van der Waals surface area contributed by atoms with Crippen LogP contribution >= 0.6 is 0 Å². The average Bonchev–Trinajstić information content (AvgIpc) is 2.38. The van der Waals surface area contributed by atoms with Crippen molar-refractivity contribution in [1.29, 1.82) is 0 Å². The van der Waals surface area contributed by atoms with E-state index in [4.69, 9.17) is 15.2 Å². The molecule has 19 heavy (non-hydrogen) atoms. The number of anilines is 1. The summed E-state index contributed by atoms with van der Waals surface area (Å²) < 4.78 is 11.7. The third-order valence-corrected chi connectivity index (χ3v) is 3.70. The van der Waals surface area contributed by atoms with Gasteiger partial charge in [-0.2, -0.15) is 0 Å². The first-order valence-electron chi connectivity index (χ1n) is 7.39. The van der Waals surface area contributed by atoms with E-state index in [0.717, 1.165) is 24.3 Å². The summed E-state index contributed by atoms with van der Waals surface area (Å²) >= 11 is 0. The summed E-state index contributed by atoms with van der Waals surface area (Å²) in [6, 6.07) is 5.69. The van der Waals surface area contributed by atoms with Gasteiger partial charge in [-0.25, -0.2) is 0 Å². The van der Waals surface area contributed by atoms with Crippen LogP contribution in [0.1, 0.15) is 46.0 Å². The van der Waals surface area contributed by atoms with Gasteiger partial charge < -0.3 is 15.2 Å². The summed E-state index contributed by atoms with van der Waals surface area (Å²) in [7, 11) is 0. The van der Waals surface area contributed by atoms with E-state index in [2.05, 4.69) is 13.8 Å². The Morgan fingerprint density at radius 3 is 2.63 bits per heavy atom. The lowest BCUT2D eigenvalue weighted by molar-refractivity contribution is 0.102. The molecule has 1 fully saturated rings. The van der Waals surface area contributed by atoms with Gasteiger partial charge >= 0.3 is 0 Å². The van der Waals surface area contributed by atoms with Crippen molar-refractivity contribution in [2.24, 2.45) is 5.92 Å². The number of hydrogen-bond acceptors (Lipinski definition) is 3. The second-order valence-corrected chi connectivity index (χ2v) is 5.50. The Hall–Kier alpha value is -1.38. The van der Waals surface area contributed by atoms with Crippen LogP contribution in [0.4, 0.5) is 5.69 Å². The molecule has 1 aliphatic carbocycles. The molecule has 0 aliphatic heterocycles. The molecule has 0 radical (unpaired) electrons. The van der Waals surface area contributed by atoms with Gasteiger partial charge in [0.25, 0.3) is 0 Å². The largest absolute Gasteiger partial charge is 0.493 e. The maximum Gasteiger partial charge on any atom is 0.125 e. The van der Waals surface area contributed by atoms with Crippen molar-refractivity contribution in [3.63, 3.8) is 0 Å². The van der Waals surface area contributed by atoms with Crippen LogP contribution in [0.25, 0.3) is 0 Å². The van der Waals surface area contributed by atoms with Gasteiger partial charge in [0.1, 0.15) is 17.6 Å². The molecular formula is C16H25NO2. The highest BCUT2D eigenvalue weighted by Gasteiger charge is 2.23. The number of nitrogens with two attached hydrogens (primary N) is 1. The molecule has 106 valence electrons. The summed E-state index contributed by atoms with van der Waals surface area (Å²) in [4.78, 5) is 0. The van der Waals surface area contributed by atoms with E-state index in [1.54, 1.807) is 0 Å². The summed E-state index contributed by atoms with van der Waals surface area (Å²) in [5.74, 6) is 2.26. The minimum atomic E-state index is 0.314. The molecule has 1 aromatic rings. The molecule has 0 amide bonds. The molecule has 0 saturated heterocycles. The van der Waals surface area contributed by atoms with Gasteiger partial charge in [0.2, 0.25) is 0 Å². The fraction of sp³-hybridized carbons (Fsp3) is 0.625. The summed E-state index contributed by atoms with van der Waals surface area (Å²) in [5, 5.41) is 0. The highest BCUT2D eigenvalue weighted by atomic mass is 16.5. The Kier molecular flexibility index (Phi) is 4.94. The lowest BCUT2D eigenvalue weighted by Gasteiger charge is -2.29. The van der Waals surface area contributed by atoms with Crippen LogP contribution in [0.3, 0.4) is 0 Å². The molecule has 0 spiro atoms. The molecule has 0 bridgehead atoms. The summed E-state index contributed by atoms with van der Waals surface area (Å²) in [6.45, 7) is 5.07. The van der Waals surface area contributed by atoms with E-state index in [1.165, 1.54) is 19.3 Å². The lowest BCUT2D eigenvalue weighted by Crippen LogP contribution is -2.28. The fourth-order valence-corrected chi connectivity index (χ4v) is 2.60. The normalized spacial score (nSPS) is 23.1. The predicted octanol–water partition coefficient (Wildman–Crippen LogP) is 4.02. The topological polar surface area (TPSA) is 44.5 Å². The van der Waals surface area contributed by atoms with Crippen molar-refractivity contribution >= 4 is 5.69 Å². The third kappa shape index (κ3) is 4.05. The maximum absolute atomic E-state index is 6.11. The SMILES string of the molecule is CCCOc1cc(N)cc(OC2CCCCC2C)c1. The molecule has 2 unspecified atom stereocenters. The van der Waals surface area contributed by atoms with Crippen LogP contribution in [0.15, 0.2) is 18.2 Å². The van der Waals surface area contributed by atoms with E-state index < -0.39 is 0 Å². The zero-order valence-corrected chi connectivity index (χ0v) is 12.0. The molecule has 3 nitrogen and oxygen atoms in total. The number of rotatable bonds is 5. The second kappa shape index (κ2) is 6.69. The van der Waals surface area contributed by atoms with E-state index in [-0.39, 0.29) is 0 Å². The Bertz CT molecular complexity index is 406. The van der Waals surface area contributed by atoms with E-state index in [0.29, 0.717) is 24.3 Å². The zero-order valence-electron chi connectivity index (χ0n) is 12.0. The van der Waals surface area contributed by atoms with Gasteiger partial charge in [0.15, 0.2) is 0 Å². The Morgan fingerprint density at radius 1 is 1.16 bits per heavy atom. The standard InChI is InChI=1S/C16H25NO2/c1-3-8-18-14-9-13(17)10-15(11-14)19-16-7-5-4-6-12(16)2/h9-12,16H,3-8,17H2,1-2H3. The molecule has 0 heterocycles. The van der Waals surface area contributed by atoms with Crippen molar-refractivity contribution in [1.82, 2.24) is 0 Å². The van der Waals surface area contributed by atoms with Crippen LogP contribution in [0, 0.1) is 5.92 Å². The average molecular weight is 263 g/mol. The number of ether oxygens (including phenoxy) is 2. The lowest BCUT2D eigenvalue weighted by atomic mass is 9.88. The highest BCUT2D eigenvalue weighted by Crippen LogP contribution is 2.31. The molecule has 2 atom stereocenters. The smallest absolute Gasteiger partial charge is 0.125 e. The van der Waals surface area contributed by atoms with Gasteiger partial charge in [-0.3, -0.25) is 0 Å². The van der Waals surface area contributed by atoms with Crippen molar-refractivity contribution in [2.75, 3.05) is 12.3 Å². The van der Waals surface area contributed by atoms with Gasteiger partial charge in [0, 0.05) is 23.9 Å². The Morgan fingerprint density at radius 2 is 1.89 bits per heavy atom. The second-order valence-electron chi connectivity index (χ2n) is 5.50. The van der Waals surface area contributed by atoms with Crippen LogP contribution in [-0.4, -0.2) is 12.7 Å². The zero-order chi connectivity index (χ0) is 13.7. The first-order valence-corrected chi connectivity index (χ1v) is 7.39. The molecule has 2 rings (SSSR count). The van der Waals surface area contributed by atoms with Crippen molar-refractivity contribution in [3.8, 4) is 11.5 Å². The van der Waals surface area contributed by atoms with E-state index in [1.807, 2.05) is 18.2 Å². The maximum atomic E-state index is 6.11. The van der Waals surface area contributed by atoms with Crippen LogP contribution in [0.2, 0.25) is 0 Å². The molecule has 2 N–H and O–H groups in total. The monoisotopic (exact) mass is 263 g/mol. The van der Waals surface area contributed by atoms with Crippen molar-refractivity contribution in [3.05, 3.63) is 18.2 Å². The van der Waals surface area contributed by atoms with E-state index >= 15 is 0 Å². The molecule has 1 aliphatic rings. The van der Waals surface area contributed by atoms with Crippen LogP contribution in [-0.2, 0) is 0 Å². The predicted molar refractivity (Wildman–Crippen MR) is 78.7 cm³/mol. The third-order valence-electron chi connectivity index (χ3n) is 3.70. The molecular weight excluding hydrogens is 238 g/mol. The van der Waals surface area contributed by atoms with Crippen LogP contribution in [0.5, 0.6) is 11.5 Å². The van der Waals surface area contributed by atoms with Crippen molar-refractivity contribution in [2.45, 2.75) is 52.1 Å². The minimum absolute atomic E-state index is 0.314. The van der Waals surface area contributed by atoms with Gasteiger partial charge in [-0.1, -0.05) is 20.3 Å². The molecule has 3 heteroatoms. The number of nitrogen functional groups attached to an aromatic ring is 1. The minimum Gasteiger partial charge on any atom is -0.493 e. The fourth-order valence-electron chi connectivity index (χ4n) is 2.60. The first kappa shape index (κ1) is 14.0. The number of hydrogen-bond donors (Lipinski definition) is 1. The molecule has 0 aromatic heterocycles. The summed E-state index contributed by atoms with van der Waals surface area (Å²) in [5.41, 5.74) is 6.61. The first-order chi connectivity index (χ1) is 9.19. The van der Waals surface area contributed by atoms with Gasteiger partial charge in [0.05, 0.1) is 6.61 Å². The van der Waals surface area contributed by atoms with E-state index in [9.17, 15) is 0 Å². The quantitative estimate of drug-likeness (QED) is 0.816. The van der Waals surface area contributed by atoms with Gasteiger partial charge in [-0.05, 0) is 31.6 Å². The molecule has 1 saturated carbocycles. The molecule has 1 aromatic carbocycles. The van der Waals surface area contributed by atoms with Gasteiger partial charge in [-0.15, -0.1) is 0 Å². The Balaban J connectivity index is 2.04. The number of benzene rings is 1.